The van der Waals surface area contributed by atoms with Gasteiger partial charge in [-0.1, -0.05) is 22.9 Å². The number of rotatable bonds is 7. The molecular weight excluding hydrogens is 281 g/mol. The maximum absolute atomic E-state index is 13.5. The van der Waals surface area contributed by atoms with Gasteiger partial charge in [0, 0.05) is 10.5 Å². The van der Waals surface area contributed by atoms with Crippen molar-refractivity contribution in [2.24, 2.45) is 0 Å². The van der Waals surface area contributed by atoms with Crippen molar-refractivity contribution in [3.8, 4) is 0 Å². The second-order valence-electron chi connectivity index (χ2n) is 4.48. The number of aryl methyl sites for hydroxylation is 1. The van der Waals surface area contributed by atoms with Crippen molar-refractivity contribution >= 4 is 15.9 Å². The SMILES string of the molecule is CCCNC(C)CCCc1cc(Br)ccc1F. The monoisotopic (exact) mass is 301 g/mol. The third-order valence-corrected chi connectivity index (χ3v) is 3.33. The van der Waals surface area contributed by atoms with E-state index in [-0.39, 0.29) is 5.82 Å². The summed E-state index contributed by atoms with van der Waals surface area (Å²) in [4.78, 5) is 0. The highest BCUT2D eigenvalue weighted by molar-refractivity contribution is 9.10. The average molecular weight is 302 g/mol. The predicted molar refractivity (Wildman–Crippen MR) is 74.8 cm³/mol. The fourth-order valence-corrected chi connectivity index (χ4v) is 2.23. The Balaban J connectivity index is 2.32. The van der Waals surface area contributed by atoms with E-state index in [1.807, 2.05) is 6.07 Å². The second kappa shape index (κ2) is 7.83. The van der Waals surface area contributed by atoms with Crippen molar-refractivity contribution < 1.29 is 4.39 Å². The first-order valence-electron chi connectivity index (χ1n) is 6.30. The van der Waals surface area contributed by atoms with Crippen LogP contribution >= 0.6 is 15.9 Å². The Hall–Kier alpha value is -0.410. The highest BCUT2D eigenvalue weighted by Gasteiger charge is 2.05. The smallest absolute Gasteiger partial charge is 0.126 e. The molecule has 0 radical (unpaired) electrons. The van der Waals surface area contributed by atoms with Crippen molar-refractivity contribution in [2.75, 3.05) is 6.54 Å². The lowest BCUT2D eigenvalue weighted by Crippen LogP contribution is -2.26. The molecule has 1 aromatic rings. The van der Waals surface area contributed by atoms with Gasteiger partial charge < -0.3 is 5.32 Å². The van der Waals surface area contributed by atoms with Crippen molar-refractivity contribution in [3.63, 3.8) is 0 Å². The van der Waals surface area contributed by atoms with Gasteiger partial charge in [-0.3, -0.25) is 0 Å². The summed E-state index contributed by atoms with van der Waals surface area (Å²) >= 11 is 3.37. The second-order valence-corrected chi connectivity index (χ2v) is 5.40. The van der Waals surface area contributed by atoms with Crippen LogP contribution in [0.1, 0.15) is 38.7 Å². The Morgan fingerprint density at radius 1 is 1.41 bits per heavy atom. The molecule has 1 rings (SSSR count). The zero-order chi connectivity index (χ0) is 12.7. The number of nitrogens with one attached hydrogen (secondary N) is 1. The van der Waals surface area contributed by atoms with Gasteiger partial charge in [0.25, 0.3) is 0 Å². The van der Waals surface area contributed by atoms with Gasteiger partial charge in [0.15, 0.2) is 0 Å². The molecule has 1 nitrogen and oxygen atoms in total. The quantitative estimate of drug-likeness (QED) is 0.792. The molecule has 0 amide bonds. The maximum atomic E-state index is 13.5. The molecule has 3 heteroatoms. The summed E-state index contributed by atoms with van der Waals surface area (Å²) < 4.78 is 14.4. The lowest BCUT2D eigenvalue weighted by Gasteiger charge is -2.13. The Kier molecular flexibility index (Phi) is 6.75. The summed E-state index contributed by atoms with van der Waals surface area (Å²) in [6, 6.07) is 5.66. The topological polar surface area (TPSA) is 12.0 Å². The van der Waals surface area contributed by atoms with Gasteiger partial charge in [0.05, 0.1) is 0 Å². The molecule has 17 heavy (non-hydrogen) atoms. The lowest BCUT2D eigenvalue weighted by molar-refractivity contribution is 0.494. The molecule has 0 saturated carbocycles. The highest BCUT2D eigenvalue weighted by Crippen LogP contribution is 2.17. The molecule has 1 atom stereocenters. The van der Waals surface area contributed by atoms with Gasteiger partial charge in [-0.2, -0.15) is 0 Å². The summed E-state index contributed by atoms with van der Waals surface area (Å²) in [5.41, 5.74) is 0.807. The molecule has 1 aromatic carbocycles. The minimum absolute atomic E-state index is 0.0950. The molecule has 1 N–H and O–H groups in total. The molecule has 0 saturated heterocycles. The summed E-state index contributed by atoms with van der Waals surface area (Å²) in [5, 5.41) is 3.44. The zero-order valence-electron chi connectivity index (χ0n) is 10.6. The Morgan fingerprint density at radius 3 is 2.88 bits per heavy atom. The van der Waals surface area contributed by atoms with Crippen LogP contribution in [0.5, 0.6) is 0 Å². The van der Waals surface area contributed by atoms with E-state index < -0.39 is 0 Å². The van der Waals surface area contributed by atoms with Gasteiger partial charge >= 0.3 is 0 Å². The standard InChI is InChI=1S/C14H21BrFN/c1-3-9-17-11(2)5-4-6-12-10-13(15)7-8-14(12)16/h7-8,10-11,17H,3-6,9H2,1-2H3. The fourth-order valence-electron chi connectivity index (χ4n) is 1.83. The predicted octanol–water partition coefficient (Wildman–Crippen LogP) is 4.30. The van der Waals surface area contributed by atoms with Crippen LogP contribution < -0.4 is 5.32 Å². The van der Waals surface area contributed by atoms with E-state index in [1.54, 1.807) is 6.07 Å². The minimum Gasteiger partial charge on any atom is -0.314 e. The average Bonchev–Trinajstić information content (AvgIpc) is 2.31. The van der Waals surface area contributed by atoms with E-state index >= 15 is 0 Å². The number of benzene rings is 1. The van der Waals surface area contributed by atoms with Gasteiger partial charge in [-0.05, 0) is 62.9 Å². The molecule has 0 aliphatic carbocycles. The molecule has 1 unspecified atom stereocenters. The van der Waals surface area contributed by atoms with Gasteiger partial charge in [-0.25, -0.2) is 4.39 Å². The molecule has 0 aliphatic rings. The van der Waals surface area contributed by atoms with Crippen LogP contribution in [0.25, 0.3) is 0 Å². The van der Waals surface area contributed by atoms with Crippen LogP contribution in [0.4, 0.5) is 4.39 Å². The Labute approximate surface area is 112 Å². The normalized spacial score (nSPS) is 12.7. The van der Waals surface area contributed by atoms with Crippen LogP contribution in [0, 0.1) is 5.82 Å². The van der Waals surface area contributed by atoms with Crippen molar-refractivity contribution in [1.29, 1.82) is 0 Å². The van der Waals surface area contributed by atoms with Crippen LogP contribution in [0.2, 0.25) is 0 Å². The van der Waals surface area contributed by atoms with Crippen molar-refractivity contribution in [2.45, 2.75) is 45.6 Å². The number of hydrogen-bond acceptors (Lipinski definition) is 1. The summed E-state index contributed by atoms with van der Waals surface area (Å²) in [6.07, 6.45) is 4.07. The van der Waals surface area contributed by atoms with Crippen molar-refractivity contribution in [1.82, 2.24) is 5.32 Å². The van der Waals surface area contributed by atoms with E-state index in [4.69, 9.17) is 0 Å². The van der Waals surface area contributed by atoms with Gasteiger partial charge in [0.1, 0.15) is 5.82 Å². The molecule has 0 heterocycles. The molecule has 0 fully saturated rings. The minimum atomic E-state index is -0.0950. The summed E-state index contributed by atoms with van der Waals surface area (Å²) in [7, 11) is 0. The molecule has 0 spiro atoms. The highest BCUT2D eigenvalue weighted by atomic mass is 79.9. The lowest BCUT2D eigenvalue weighted by atomic mass is 10.0. The van der Waals surface area contributed by atoms with E-state index in [2.05, 4.69) is 35.1 Å². The largest absolute Gasteiger partial charge is 0.314 e. The zero-order valence-corrected chi connectivity index (χ0v) is 12.2. The van der Waals surface area contributed by atoms with E-state index in [9.17, 15) is 4.39 Å². The van der Waals surface area contributed by atoms with Crippen LogP contribution in [0.3, 0.4) is 0 Å². The molecular formula is C14H21BrFN. The first-order valence-corrected chi connectivity index (χ1v) is 7.10. The van der Waals surface area contributed by atoms with E-state index in [0.29, 0.717) is 6.04 Å². The van der Waals surface area contributed by atoms with Gasteiger partial charge in [0.2, 0.25) is 0 Å². The van der Waals surface area contributed by atoms with Crippen molar-refractivity contribution in [3.05, 3.63) is 34.1 Å². The molecule has 0 bridgehead atoms. The first kappa shape index (κ1) is 14.7. The third-order valence-electron chi connectivity index (χ3n) is 2.83. The van der Waals surface area contributed by atoms with E-state index in [1.165, 1.54) is 6.07 Å². The number of halogens is 2. The maximum Gasteiger partial charge on any atom is 0.126 e. The molecule has 0 aromatic heterocycles. The fraction of sp³-hybridized carbons (Fsp3) is 0.571. The third kappa shape index (κ3) is 5.64. The van der Waals surface area contributed by atoms with Crippen LogP contribution in [0.15, 0.2) is 22.7 Å². The Morgan fingerprint density at radius 2 is 2.18 bits per heavy atom. The molecule has 96 valence electrons. The summed E-state index contributed by atoms with van der Waals surface area (Å²) in [5.74, 6) is -0.0950. The molecule has 0 aliphatic heterocycles. The van der Waals surface area contributed by atoms with Gasteiger partial charge in [-0.15, -0.1) is 0 Å². The number of hydrogen-bond donors (Lipinski definition) is 1. The first-order chi connectivity index (χ1) is 8.13. The van der Waals surface area contributed by atoms with Crippen LogP contribution in [-0.4, -0.2) is 12.6 Å². The Bertz CT molecular complexity index is 341. The van der Waals surface area contributed by atoms with E-state index in [0.717, 1.165) is 42.3 Å². The summed E-state index contributed by atoms with van der Waals surface area (Å²) in [6.45, 7) is 5.41. The van der Waals surface area contributed by atoms with Crippen LogP contribution in [-0.2, 0) is 6.42 Å².